The van der Waals surface area contributed by atoms with Gasteiger partial charge in [-0.15, -0.1) is 11.3 Å². The van der Waals surface area contributed by atoms with E-state index >= 15 is 0 Å². The molecule has 0 fully saturated rings. The molecular weight excluding hydrogens is 388 g/mol. The highest BCUT2D eigenvalue weighted by atomic mass is 32.1. The molecule has 0 saturated carbocycles. The van der Waals surface area contributed by atoms with Crippen LogP contribution in [0, 0.1) is 20.8 Å². The number of hydrogen-bond acceptors (Lipinski definition) is 6. The molecule has 0 unspecified atom stereocenters. The summed E-state index contributed by atoms with van der Waals surface area (Å²) in [5, 5.41) is 5.67. The number of carbonyl (C=O) groups excluding carboxylic acids is 2. The molecule has 1 heterocycles. The van der Waals surface area contributed by atoms with Crippen LogP contribution >= 0.6 is 11.3 Å². The summed E-state index contributed by atoms with van der Waals surface area (Å²) in [6.45, 7) is 5.86. The van der Waals surface area contributed by atoms with Gasteiger partial charge in [-0.2, -0.15) is 0 Å². The number of aryl methyl sites for hydroxylation is 3. The number of esters is 1. The molecule has 0 aliphatic carbocycles. The van der Waals surface area contributed by atoms with Crippen LogP contribution in [0.2, 0.25) is 0 Å². The van der Waals surface area contributed by atoms with E-state index in [1.165, 1.54) is 0 Å². The molecule has 150 valence electrons. The number of hydrogen-bond donors (Lipinski definition) is 1. The van der Waals surface area contributed by atoms with E-state index in [4.69, 9.17) is 9.47 Å². The minimum absolute atomic E-state index is 0.348. The van der Waals surface area contributed by atoms with Crippen molar-refractivity contribution in [3.05, 3.63) is 75.2 Å². The van der Waals surface area contributed by atoms with E-state index in [0.717, 1.165) is 21.8 Å². The van der Waals surface area contributed by atoms with Gasteiger partial charge in [0.1, 0.15) is 12.4 Å². The smallest absolute Gasteiger partial charge is 0.338 e. The third kappa shape index (κ3) is 6.15. The maximum atomic E-state index is 12.2. The number of aromatic nitrogens is 1. The molecule has 29 heavy (non-hydrogen) atoms. The zero-order valence-corrected chi connectivity index (χ0v) is 17.3. The van der Waals surface area contributed by atoms with Gasteiger partial charge in [-0.05, 0) is 68.3 Å². The minimum Gasteiger partial charge on any atom is -0.487 e. The number of rotatable bonds is 7. The van der Waals surface area contributed by atoms with E-state index < -0.39 is 5.97 Å². The number of benzene rings is 2. The summed E-state index contributed by atoms with van der Waals surface area (Å²) in [5.74, 6) is -0.330. The van der Waals surface area contributed by atoms with Gasteiger partial charge in [0, 0.05) is 11.1 Å². The van der Waals surface area contributed by atoms with Crippen LogP contribution in [0.1, 0.15) is 32.2 Å². The van der Waals surface area contributed by atoms with E-state index in [1.807, 2.05) is 44.4 Å². The van der Waals surface area contributed by atoms with Crippen molar-refractivity contribution in [3.8, 4) is 5.75 Å². The van der Waals surface area contributed by atoms with Crippen molar-refractivity contribution in [1.29, 1.82) is 0 Å². The number of anilines is 1. The minimum atomic E-state index is -0.567. The van der Waals surface area contributed by atoms with Crippen molar-refractivity contribution in [2.75, 3.05) is 11.9 Å². The van der Waals surface area contributed by atoms with Gasteiger partial charge in [0.2, 0.25) is 0 Å². The predicted molar refractivity (Wildman–Crippen MR) is 112 cm³/mol. The Kier molecular flexibility index (Phi) is 6.61. The summed E-state index contributed by atoms with van der Waals surface area (Å²) in [5.41, 5.74) is 3.99. The molecule has 0 atom stereocenters. The quantitative estimate of drug-likeness (QED) is 0.583. The highest BCUT2D eigenvalue weighted by Gasteiger charge is 2.11. The molecule has 0 bridgehead atoms. The molecule has 6 nitrogen and oxygen atoms in total. The van der Waals surface area contributed by atoms with Gasteiger partial charge in [-0.25, -0.2) is 9.78 Å². The predicted octanol–water partition coefficient (Wildman–Crippen LogP) is 4.44. The normalized spacial score (nSPS) is 10.4. The fourth-order valence-corrected chi connectivity index (χ4v) is 3.37. The lowest BCUT2D eigenvalue weighted by atomic mass is 10.1. The van der Waals surface area contributed by atoms with Gasteiger partial charge in [0.25, 0.3) is 5.91 Å². The zero-order valence-electron chi connectivity index (χ0n) is 16.5. The second-order valence-corrected chi connectivity index (χ2v) is 7.73. The second kappa shape index (κ2) is 9.34. The Balaban J connectivity index is 1.48. The van der Waals surface area contributed by atoms with Gasteiger partial charge in [0.15, 0.2) is 6.61 Å². The van der Waals surface area contributed by atoms with Crippen LogP contribution in [0.15, 0.2) is 47.8 Å². The van der Waals surface area contributed by atoms with Crippen molar-refractivity contribution >= 4 is 28.9 Å². The van der Waals surface area contributed by atoms with E-state index in [2.05, 4.69) is 10.3 Å². The maximum absolute atomic E-state index is 12.2. The van der Waals surface area contributed by atoms with Crippen molar-refractivity contribution in [3.63, 3.8) is 0 Å². The lowest BCUT2D eigenvalue weighted by Gasteiger charge is -2.09. The Hall–Kier alpha value is -3.19. The van der Waals surface area contributed by atoms with E-state index in [0.29, 0.717) is 23.6 Å². The summed E-state index contributed by atoms with van der Waals surface area (Å²) < 4.78 is 10.7. The molecule has 0 radical (unpaired) electrons. The number of ether oxygens (including phenoxy) is 2. The van der Waals surface area contributed by atoms with Gasteiger partial charge < -0.3 is 14.8 Å². The molecule has 7 heteroatoms. The van der Waals surface area contributed by atoms with Crippen LogP contribution in [-0.2, 0) is 16.1 Å². The Bertz CT molecular complexity index is 992. The number of nitrogens with one attached hydrogen (secondary N) is 1. The molecule has 1 aromatic heterocycles. The first kappa shape index (κ1) is 20.5. The lowest BCUT2D eigenvalue weighted by molar-refractivity contribution is -0.119. The molecular formula is C22H22N2O4S. The monoisotopic (exact) mass is 410 g/mol. The Morgan fingerprint density at radius 3 is 2.34 bits per heavy atom. The number of nitrogens with zero attached hydrogens (tertiary/aromatic N) is 1. The van der Waals surface area contributed by atoms with Crippen molar-refractivity contribution < 1.29 is 19.1 Å². The average Bonchev–Trinajstić information content (AvgIpc) is 3.09. The van der Waals surface area contributed by atoms with Gasteiger partial charge in [-0.3, -0.25) is 4.79 Å². The molecule has 3 rings (SSSR count). The molecule has 1 amide bonds. The summed E-state index contributed by atoms with van der Waals surface area (Å²) in [6.07, 6.45) is 0. The van der Waals surface area contributed by atoms with E-state index in [1.54, 1.807) is 35.6 Å². The summed E-state index contributed by atoms with van der Waals surface area (Å²) >= 11 is 1.57. The summed E-state index contributed by atoms with van der Waals surface area (Å²) in [7, 11) is 0. The Morgan fingerprint density at radius 1 is 1.03 bits per heavy atom. The SMILES string of the molecule is Cc1cc(C)cc(NC(=O)COC(=O)c2ccc(OCc3csc(C)n3)cc2)c1. The largest absolute Gasteiger partial charge is 0.487 e. The third-order valence-electron chi connectivity index (χ3n) is 3.98. The van der Waals surface area contributed by atoms with Crippen molar-refractivity contribution in [2.24, 2.45) is 0 Å². The van der Waals surface area contributed by atoms with Crippen LogP contribution in [0.25, 0.3) is 0 Å². The Labute approximate surface area is 173 Å². The standard InChI is InChI=1S/C22H22N2O4S/c1-14-8-15(2)10-18(9-14)24-21(25)12-28-22(26)17-4-6-20(7-5-17)27-11-19-13-29-16(3)23-19/h4-10,13H,11-12H2,1-3H3,(H,24,25). The summed E-state index contributed by atoms with van der Waals surface area (Å²) in [6, 6.07) is 12.3. The van der Waals surface area contributed by atoms with Gasteiger partial charge in [-0.1, -0.05) is 6.07 Å². The molecule has 3 aromatic rings. The van der Waals surface area contributed by atoms with Crippen LogP contribution in [0.5, 0.6) is 5.75 Å². The van der Waals surface area contributed by atoms with E-state index in [-0.39, 0.29) is 12.5 Å². The maximum Gasteiger partial charge on any atom is 0.338 e. The summed E-state index contributed by atoms with van der Waals surface area (Å²) in [4.78, 5) is 28.5. The Morgan fingerprint density at radius 2 is 1.72 bits per heavy atom. The third-order valence-corrected chi connectivity index (χ3v) is 4.81. The highest BCUT2D eigenvalue weighted by molar-refractivity contribution is 7.09. The first-order valence-electron chi connectivity index (χ1n) is 9.08. The molecule has 1 N–H and O–H groups in total. The number of carbonyl (C=O) groups is 2. The van der Waals surface area contributed by atoms with Crippen LogP contribution in [0.4, 0.5) is 5.69 Å². The molecule has 0 aliphatic rings. The van der Waals surface area contributed by atoms with Crippen molar-refractivity contribution in [2.45, 2.75) is 27.4 Å². The van der Waals surface area contributed by atoms with E-state index in [9.17, 15) is 9.59 Å². The topological polar surface area (TPSA) is 77.5 Å². The zero-order chi connectivity index (χ0) is 20.8. The first-order valence-corrected chi connectivity index (χ1v) is 9.96. The molecule has 0 saturated heterocycles. The fraction of sp³-hybridized carbons (Fsp3) is 0.227. The highest BCUT2D eigenvalue weighted by Crippen LogP contribution is 2.16. The van der Waals surface area contributed by atoms with Crippen LogP contribution in [0.3, 0.4) is 0 Å². The second-order valence-electron chi connectivity index (χ2n) is 6.67. The molecule has 0 spiro atoms. The van der Waals surface area contributed by atoms with Crippen LogP contribution in [-0.4, -0.2) is 23.5 Å². The fourth-order valence-electron chi connectivity index (χ4n) is 2.78. The first-order chi connectivity index (χ1) is 13.9. The number of amides is 1. The van der Waals surface area contributed by atoms with Gasteiger partial charge in [0.05, 0.1) is 16.3 Å². The molecule has 2 aromatic carbocycles. The molecule has 0 aliphatic heterocycles. The number of thiazole rings is 1. The lowest BCUT2D eigenvalue weighted by Crippen LogP contribution is -2.21. The average molecular weight is 410 g/mol. The van der Waals surface area contributed by atoms with Crippen molar-refractivity contribution in [1.82, 2.24) is 4.98 Å². The van der Waals surface area contributed by atoms with Gasteiger partial charge >= 0.3 is 5.97 Å². The van der Waals surface area contributed by atoms with Crippen LogP contribution < -0.4 is 10.1 Å².